The van der Waals surface area contributed by atoms with E-state index in [1.165, 1.54) is 12.0 Å². The smallest absolute Gasteiger partial charge is 0.234 e. The number of hydrogen-bond donors (Lipinski definition) is 1. The summed E-state index contributed by atoms with van der Waals surface area (Å²) in [6, 6.07) is 8.06. The second kappa shape index (κ2) is 9.06. The summed E-state index contributed by atoms with van der Waals surface area (Å²) in [6.45, 7) is 2.25. The van der Waals surface area contributed by atoms with Crippen LogP contribution in [0.15, 0.2) is 24.3 Å². The molecule has 1 amide bonds. The number of benzene rings is 1. The molecule has 1 aromatic carbocycles. The Kier molecular flexibility index (Phi) is 6.76. The summed E-state index contributed by atoms with van der Waals surface area (Å²) in [4.78, 5) is 14.3. The van der Waals surface area contributed by atoms with Gasteiger partial charge in [-0.25, -0.2) is 8.42 Å². The van der Waals surface area contributed by atoms with Crippen LogP contribution >= 0.6 is 0 Å². The molecule has 7 heteroatoms. The molecule has 0 aliphatic carbocycles. The molecule has 1 unspecified atom stereocenters. The highest BCUT2D eigenvalue weighted by Gasteiger charge is 2.29. The lowest BCUT2D eigenvalue weighted by atomic mass is 9.90. The number of carbonyl (C=O) groups excluding carboxylic acids is 1. The zero-order valence-corrected chi connectivity index (χ0v) is 16.8. The highest BCUT2D eigenvalue weighted by atomic mass is 32.2. The molecule has 1 atom stereocenters. The Morgan fingerprint density at radius 1 is 1.19 bits per heavy atom. The number of sulfone groups is 1. The van der Waals surface area contributed by atoms with E-state index in [0.717, 1.165) is 38.1 Å². The number of carbonyl (C=O) groups is 1. The molecule has 3 rings (SSSR count). The van der Waals surface area contributed by atoms with Gasteiger partial charge in [-0.2, -0.15) is 0 Å². The second-order valence-electron chi connectivity index (χ2n) is 7.77. The van der Waals surface area contributed by atoms with Crippen LogP contribution in [0.1, 0.15) is 31.2 Å². The van der Waals surface area contributed by atoms with E-state index in [1.54, 1.807) is 7.11 Å². The number of aryl methyl sites for hydroxylation is 1. The molecule has 6 nitrogen and oxygen atoms in total. The number of hydrogen-bond acceptors (Lipinski definition) is 5. The monoisotopic (exact) mass is 394 g/mol. The predicted octanol–water partition coefficient (Wildman–Crippen LogP) is 1.64. The highest BCUT2D eigenvalue weighted by molar-refractivity contribution is 7.91. The molecule has 2 aliphatic rings. The lowest BCUT2D eigenvalue weighted by Gasteiger charge is -2.31. The van der Waals surface area contributed by atoms with Gasteiger partial charge in [-0.05, 0) is 68.8 Å². The molecule has 0 spiro atoms. The van der Waals surface area contributed by atoms with Gasteiger partial charge in [-0.3, -0.25) is 9.69 Å². The van der Waals surface area contributed by atoms with E-state index >= 15 is 0 Å². The van der Waals surface area contributed by atoms with Crippen LogP contribution in [0, 0.1) is 5.92 Å². The van der Waals surface area contributed by atoms with E-state index < -0.39 is 9.84 Å². The Morgan fingerprint density at radius 3 is 2.48 bits per heavy atom. The highest BCUT2D eigenvalue weighted by Crippen LogP contribution is 2.23. The summed E-state index contributed by atoms with van der Waals surface area (Å²) in [7, 11) is -1.27. The fraction of sp³-hybridized carbons (Fsp3) is 0.650. The molecule has 27 heavy (non-hydrogen) atoms. The molecular weight excluding hydrogens is 364 g/mol. The molecule has 0 aromatic heterocycles. The molecule has 0 saturated carbocycles. The number of methoxy groups -OCH3 is 1. The number of rotatable bonds is 7. The van der Waals surface area contributed by atoms with E-state index in [2.05, 4.69) is 22.3 Å². The second-order valence-corrected chi connectivity index (χ2v) is 10.0. The van der Waals surface area contributed by atoms with Gasteiger partial charge in [0.05, 0.1) is 25.2 Å². The molecule has 2 aliphatic heterocycles. The van der Waals surface area contributed by atoms with Crippen LogP contribution < -0.4 is 10.1 Å². The minimum Gasteiger partial charge on any atom is -0.497 e. The molecule has 0 radical (unpaired) electrons. The van der Waals surface area contributed by atoms with Gasteiger partial charge in [0.15, 0.2) is 9.84 Å². The fourth-order valence-corrected chi connectivity index (χ4v) is 5.65. The van der Waals surface area contributed by atoms with E-state index in [-0.39, 0.29) is 23.5 Å². The molecular formula is C20H30N2O4S. The third-order valence-corrected chi connectivity index (χ3v) is 7.44. The van der Waals surface area contributed by atoms with Gasteiger partial charge in [0, 0.05) is 6.04 Å². The first-order valence-electron chi connectivity index (χ1n) is 9.78. The summed E-state index contributed by atoms with van der Waals surface area (Å²) in [5.74, 6) is 1.82. The van der Waals surface area contributed by atoms with Gasteiger partial charge in [0.25, 0.3) is 0 Å². The van der Waals surface area contributed by atoms with E-state index in [9.17, 15) is 13.2 Å². The van der Waals surface area contributed by atoms with Crippen molar-refractivity contribution in [2.24, 2.45) is 5.92 Å². The summed E-state index contributed by atoms with van der Waals surface area (Å²) in [5, 5.41) is 2.88. The summed E-state index contributed by atoms with van der Waals surface area (Å²) >= 11 is 0. The van der Waals surface area contributed by atoms with Gasteiger partial charge < -0.3 is 10.1 Å². The Labute approximate surface area is 162 Å². The Bertz CT molecular complexity index is 725. The quantitative estimate of drug-likeness (QED) is 0.761. The maximum Gasteiger partial charge on any atom is 0.234 e. The Hall–Kier alpha value is -1.60. The zero-order valence-electron chi connectivity index (χ0n) is 16.0. The van der Waals surface area contributed by atoms with Crippen LogP contribution in [0.4, 0.5) is 0 Å². The molecule has 0 bridgehead atoms. The number of piperidine rings is 1. The number of nitrogens with zero attached hydrogens (tertiary/aromatic N) is 1. The lowest BCUT2D eigenvalue weighted by molar-refractivity contribution is -0.123. The van der Waals surface area contributed by atoms with Crippen LogP contribution in [0.3, 0.4) is 0 Å². The Balaban J connectivity index is 1.34. The van der Waals surface area contributed by atoms with Crippen LogP contribution in [0.2, 0.25) is 0 Å². The minimum atomic E-state index is -2.95. The molecule has 2 heterocycles. The lowest BCUT2D eigenvalue weighted by Crippen LogP contribution is -2.45. The minimum absolute atomic E-state index is 0.0474. The van der Waals surface area contributed by atoms with Gasteiger partial charge in [-0.1, -0.05) is 12.1 Å². The fourth-order valence-electron chi connectivity index (χ4n) is 3.98. The van der Waals surface area contributed by atoms with E-state index in [0.29, 0.717) is 18.9 Å². The standard InChI is InChI=1S/C20H30N2O4S/c1-26-19-6-4-16(5-7-19)2-3-17-8-11-22(12-9-17)14-20(23)21-18-10-13-27(24,25)15-18/h4-7,17-18H,2-3,8-15H2,1H3,(H,21,23). The normalized spacial score (nSPS) is 23.2. The van der Waals surface area contributed by atoms with Crippen molar-refractivity contribution in [1.29, 1.82) is 0 Å². The SMILES string of the molecule is COc1ccc(CCC2CCN(CC(=O)NC3CCS(=O)(=O)C3)CC2)cc1. The maximum absolute atomic E-state index is 12.2. The van der Waals surface area contributed by atoms with Gasteiger partial charge in [0.1, 0.15) is 5.75 Å². The molecule has 1 N–H and O–H groups in total. The van der Waals surface area contributed by atoms with Crippen LogP contribution in [-0.4, -0.2) is 63.5 Å². The first-order chi connectivity index (χ1) is 12.9. The van der Waals surface area contributed by atoms with Gasteiger partial charge >= 0.3 is 0 Å². The third-order valence-electron chi connectivity index (χ3n) is 5.67. The van der Waals surface area contributed by atoms with Crippen LogP contribution in [0.25, 0.3) is 0 Å². The van der Waals surface area contributed by atoms with Crippen molar-refractivity contribution in [2.75, 3.05) is 38.2 Å². The van der Waals surface area contributed by atoms with E-state index in [1.807, 2.05) is 12.1 Å². The number of likely N-dealkylation sites (tertiary alicyclic amines) is 1. The molecule has 2 saturated heterocycles. The van der Waals surface area contributed by atoms with Crippen LogP contribution in [0.5, 0.6) is 5.75 Å². The topological polar surface area (TPSA) is 75.7 Å². The van der Waals surface area contributed by atoms with Crippen molar-refractivity contribution in [1.82, 2.24) is 10.2 Å². The summed E-state index contributed by atoms with van der Waals surface area (Å²) < 4.78 is 28.1. The average Bonchev–Trinajstić information content (AvgIpc) is 2.99. The Morgan fingerprint density at radius 2 is 1.89 bits per heavy atom. The van der Waals surface area contributed by atoms with Crippen molar-refractivity contribution >= 4 is 15.7 Å². The van der Waals surface area contributed by atoms with Gasteiger partial charge in [-0.15, -0.1) is 0 Å². The predicted molar refractivity (Wildman–Crippen MR) is 106 cm³/mol. The molecule has 150 valence electrons. The number of amides is 1. The molecule has 1 aromatic rings. The summed E-state index contributed by atoms with van der Waals surface area (Å²) in [6.07, 6.45) is 5.02. The molecule has 2 fully saturated rings. The summed E-state index contributed by atoms with van der Waals surface area (Å²) in [5.41, 5.74) is 1.34. The average molecular weight is 395 g/mol. The van der Waals surface area contributed by atoms with Gasteiger partial charge in [0.2, 0.25) is 5.91 Å². The van der Waals surface area contributed by atoms with Crippen molar-refractivity contribution in [2.45, 2.75) is 38.1 Å². The first kappa shape index (κ1) is 20.1. The zero-order chi connectivity index (χ0) is 19.3. The maximum atomic E-state index is 12.2. The van der Waals surface area contributed by atoms with Crippen LogP contribution in [-0.2, 0) is 21.1 Å². The number of ether oxygens (including phenoxy) is 1. The largest absolute Gasteiger partial charge is 0.497 e. The number of nitrogens with one attached hydrogen (secondary N) is 1. The van der Waals surface area contributed by atoms with Crippen molar-refractivity contribution < 1.29 is 17.9 Å². The van der Waals surface area contributed by atoms with Crippen molar-refractivity contribution in [3.05, 3.63) is 29.8 Å². The first-order valence-corrected chi connectivity index (χ1v) is 11.6. The van der Waals surface area contributed by atoms with Crippen molar-refractivity contribution in [3.8, 4) is 5.75 Å². The third kappa shape index (κ3) is 6.21. The van der Waals surface area contributed by atoms with Crippen molar-refractivity contribution in [3.63, 3.8) is 0 Å². The van der Waals surface area contributed by atoms with E-state index in [4.69, 9.17) is 4.74 Å².